The molecule has 0 atom stereocenters. The summed E-state index contributed by atoms with van der Waals surface area (Å²) in [7, 11) is 0. The molecule has 0 bridgehead atoms. The highest BCUT2D eigenvalue weighted by molar-refractivity contribution is 14.1. The Bertz CT molecular complexity index is 673. The van der Waals surface area contributed by atoms with Crippen molar-refractivity contribution in [3.63, 3.8) is 0 Å². The SMILES string of the molecule is Fc1cc(Oc2cc(F)c(F)c(F)c2I)c(I)c(F)c1F. The van der Waals surface area contributed by atoms with E-state index in [1.54, 1.807) is 0 Å². The van der Waals surface area contributed by atoms with E-state index in [4.69, 9.17) is 4.74 Å². The van der Waals surface area contributed by atoms with Gasteiger partial charge < -0.3 is 4.74 Å². The molecule has 0 saturated heterocycles. The van der Waals surface area contributed by atoms with Crippen LogP contribution in [0.5, 0.6) is 11.5 Å². The summed E-state index contributed by atoms with van der Waals surface area (Å²) in [5.41, 5.74) is 0. The largest absolute Gasteiger partial charge is 0.455 e. The lowest BCUT2D eigenvalue weighted by atomic mass is 10.3. The Balaban J connectivity index is 2.54. The molecule has 0 aromatic heterocycles. The van der Waals surface area contributed by atoms with Gasteiger partial charge in [-0.2, -0.15) is 0 Å². The highest BCUT2D eigenvalue weighted by Crippen LogP contribution is 2.35. The lowest BCUT2D eigenvalue weighted by Gasteiger charge is -2.12. The van der Waals surface area contributed by atoms with Crippen LogP contribution in [0.3, 0.4) is 0 Å². The van der Waals surface area contributed by atoms with Gasteiger partial charge in [-0.3, -0.25) is 0 Å². The van der Waals surface area contributed by atoms with E-state index in [1.165, 1.54) is 45.2 Å². The molecule has 2 rings (SSSR count). The normalized spacial score (nSPS) is 10.9. The predicted molar refractivity (Wildman–Crippen MR) is 78.1 cm³/mol. The predicted octanol–water partition coefficient (Wildman–Crippen LogP) is 5.52. The summed E-state index contributed by atoms with van der Waals surface area (Å²) in [6.07, 6.45) is 0. The Labute approximate surface area is 141 Å². The van der Waals surface area contributed by atoms with Gasteiger partial charge in [-0.25, -0.2) is 26.3 Å². The van der Waals surface area contributed by atoms with Gasteiger partial charge in [0.1, 0.15) is 11.5 Å². The number of hydrogen-bond acceptors (Lipinski definition) is 1. The fourth-order valence-electron chi connectivity index (χ4n) is 1.37. The maximum Gasteiger partial charge on any atom is 0.195 e. The topological polar surface area (TPSA) is 9.23 Å². The van der Waals surface area contributed by atoms with E-state index in [0.29, 0.717) is 12.1 Å². The van der Waals surface area contributed by atoms with E-state index >= 15 is 0 Å². The fraction of sp³-hybridized carbons (Fsp3) is 0. The Morgan fingerprint density at radius 2 is 0.952 bits per heavy atom. The molecule has 0 N–H and O–H groups in total. The second-order valence-electron chi connectivity index (χ2n) is 3.70. The zero-order valence-electron chi connectivity index (χ0n) is 9.59. The van der Waals surface area contributed by atoms with Crippen LogP contribution in [-0.2, 0) is 0 Å². The highest BCUT2D eigenvalue weighted by Gasteiger charge is 2.22. The Morgan fingerprint density at radius 3 is 1.29 bits per heavy atom. The van der Waals surface area contributed by atoms with E-state index in [-0.39, 0.29) is 0 Å². The van der Waals surface area contributed by atoms with Crippen molar-refractivity contribution in [1.82, 2.24) is 0 Å². The average molecular weight is 530 g/mol. The van der Waals surface area contributed by atoms with Crippen molar-refractivity contribution >= 4 is 45.2 Å². The molecule has 0 aliphatic carbocycles. The first-order valence-electron chi connectivity index (χ1n) is 5.07. The summed E-state index contributed by atoms with van der Waals surface area (Å²) in [6.45, 7) is 0. The van der Waals surface area contributed by atoms with E-state index in [9.17, 15) is 26.3 Å². The minimum atomic E-state index is -1.70. The molecule has 0 spiro atoms. The molecule has 0 amide bonds. The van der Waals surface area contributed by atoms with Crippen molar-refractivity contribution in [1.29, 1.82) is 0 Å². The molecule has 0 unspecified atom stereocenters. The van der Waals surface area contributed by atoms with Crippen LogP contribution in [0.15, 0.2) is 12.1 Å². The van der Waals surface area contributed by atoms with Crippen molar-refractivity contribution in [2.24, 2.45) is 0 Å². The zero-order valence-corrected chi connectivity index (χ0v) is 13.9. The average Bonchev–Trinajstić information content (AvgIpc) is 2.45. The second-order valence-corrected chi connectivity index (χ2v) is 5.86. The summed E-state index contributed by atoms with van der Waals surface area (Å²) in [6, 6.07) is 1.05. The molecule has 112 valence electrons. The standard InChI is InChI=1S/C12H2F6I2O/c13-3-1-5(11(19)9(17)7(3)15)21-6-2-4(14)8(16)10(18)12(6)20/h1-2H. The number of halogens is 8. The summed E-state index contributed by atoms with van der Waals surface area (Å²) >= 11 is 2.68. The van der Waals surface area contributed by atoms with Crippen LogP contribution >= 0.6 is 45.2 Å². The molecule has 9 heteroatoms. The van der Waals surface area contributed by atoms with Crippen molar-refractivity contribution < 1.29 is 31.1 Å². The quantitative estimate of drug-likeness (QED) is 0.215. The number of rotatable bonds is 2. The van der Waals surface area contributed by atoms with Gasteiger partial charge in [0.2, 0.25) is 0 Å². The van der Waals surface area contributed by atoms with Crippen molar-refractivity contribution in [3.05, 3.63) is 54.2 Å². The molecule has 0 fully saturated rings. The van der Waals surface area contributed by atoms with Gasteiger partial charge in [0.05, 0.1) is 7.14 Å². The van der Waals surface area contributed by atoms with Crippen molar-refractivity contribution in [2.75, 3.05) is 0 Å². The minimum absolute atomic E-state index is 0.424. The molecule has 0 aliphatic rings. The van der Waals surface area contributed by atoms with Crippen molar-refractivity contribution in [3.8, 4) is 11.5 Å². The molecular weight excluding hydrogens is 528 g/mol. The maximum absolute atomic E-state index is 13.4. The Kier molecular flexibility index (Phi) is 4.90. The number of ether oxygens (including phenoxy) is 1. The minimum Gasteiger partial charge on any atom is -0.455 e. The second kappa shape index (κ2) is 6.18. The number of benzene rings is 2. The van der Waals surface area contributed by atoms with E-state index in [0.717, 1.165) is 0 Å². The fourth-order valence-corrected chi connectivity index (χ4v) is 2.37. The van der Waals surface area contributed by atoms with Crippen LogP contribution in [0.4, 0.5) is 26.3 Å². The first-order chi connectivity index (χ1) is 9.73. The molecule has 2 aromatic carbocycles. The third kappa shape index (κ3) is 3.07. The molecular formula is C12H2F6I2O. The third-order valence-electron chi connectivity index (χ3n) is 2.36. The van der Waals surface area contributed by atoms with Crippen molar-refractivity contribution in [2.45, 2.75) is 0 Å². The molecule has 0 aliphatic heterocycles. The van der Waals surface area contributed by atoms with Gasteiger partial charge in [-0.1, -0.05) is 0 Å². The lowest BCUT2D eigenvalue weighted by molar-refractivity contribution is 0.402. The summed E-state index contributed by atoms with van der Waals surface area (Å²) < 4.78 is 83.1. The van der Waals surface area contributed by atoms with Crippen LogP contribution in [-0.4, -0.2) is 0 Å². The summed E-state index contributed by atoms with van der Waals surface area (Å²) in [4.78, 5) is 0. The van der Waals surface area contributed by atoms with Gasteiger partial charge in [-0.15, -0.1) is 0 Å². The zero-order chi connectivity index (χ0) is 15.9. The molecule has 0 saturated carbocycles. The first kappa shape index (κ1) is 16.6. The molecule has 0 heterocycles. The monoisotopic (exact) mass is 530 g/mol. The summed E-state index contributed by atoms with van der Waals surface area (Å²) in [5, 5.41) is 0. The molecule has 1 nitrogen and oxygen atoms in total. The Hall–Kier alpha value is -0.720. The lowest BCUT2D eigenvalue weighted by Crippen LogP contribution is -2.01. The van der Waals surface area contributed by atoms with Crippen LogP contribution in [0.1, 0.15) is 0 Å². The molecule has 2 aromatic rings. The van der Waals surface area contributed by atoms with E-state index in [1.807, 2.05) is 0 Å². The van der Waals surface area contributed by atoms with Gasteiger partial charge in [0.25, 0.3) is 0 Å². The van der Waals surface area contributed by atoms with Gasteiger partial charge in [0.15, 0.2) is 34.9 Å². The summed E-state index contributed by atoms with van der Waals surface area (Å²) in [5.74, 6) is -10.4. The number of hydrogen-bond donors (Lipinski definition) is 0. The molecule has 0 radical (unpaired) electrons. The smallest absolute Gasteiger partial charge is 0.195 e. The highest BCUT2D eigenvalue weighted by atomic mass is 127. The van der Waals surface area contributed by atoms with Crippen LogP contribution < -0.4 is 4.74 Å². The van der Waals surface area contributed by atoms with Gasteiger partial charge in [-0.05, 0) is 45.2 Å². The van der Waals surface area contributed by atoms with Gasteiger partial charge in [0, 0.05) is 12.1 Å². The Morgan fingerprint density at radius 1 is 0.619 bits per heavy atom. The maximum atomic E-state index is 13.4. The van der Waals surface area contributed by atoms with Gasteiger partial charge >= 0.3 is 0 Å². The van der Waals surface area contributed by atoms with Crippen LogP contribution in [0, 0.1) is 42.0 Å². The molecule has 21 heavy (non-hydrogen) atoms. The van der Waals surface area contributed by atoms with E-state index in [2.05, 4.69) is 0 Å². The third-order valence-corrected chi connectivity index (χ3v) is 4.37. The van der Waals surface area contributed by atoms with Crippen LogP contribution in [0.2, 0.25) is 0 Å². The first-order valence-corrected chi connectivity index (χ1v) is 7.23. The van der Waals surface area contributed by atoms with E-state index < -0.39 is 53.5 Å². The van der Waals surface area contributed by atoms with Crippen LogP contribution in [0.25, 0.3) is 0 Å².